The summed E-state index contributed by atoms with van der Waals surface area (Å²) in [7, 11) is 0. The number of para-hydroxylation sites is 1. The molecule has 0 bridgehead atoms. The molecule has 0 saturated heterocycles. The Bertz CT molecular complexity index is 766. The maximum Gasteiger partial charge on any atom is 0.159 e. The number of fused-ring (bicyclic) bond motifs is 1. The van der Waals surface area contributed by atoms with E-state index in [9.17, 15) is 8.78 Å². The summed E-state index contributed by atoms with van der Waals surface area (Å²) in [6.07, 6.45) is 1.77. The van der Waals surface area contributed by atoms with Crippen molar-refractivity contribution in [3.05, 3.63) is 77.5 Å². The Labute approximate surface area is 121 Å². The van der Waals surface area contributed by atoms with Crippen molar-refractivity contribution < 1.29 is 8.78 Å². The van der Waals surface area contributed by atoms with Gasteiger partial charge >= 0.3 is 0 Å². The zero-order valence-corrected chi connectivity index (χ0v) is 11.3. The third-order valence-corrected chi connectivity index (χ3v) is 3.37. The zero-order chi connectivity index (χ0) is 14.7. The van der Waals surface area contributed by atoms with Gasteiger partial charge in [-0.15, -0.1) is 0 Å². The lowest BCUT2D eigenvalue weighted by Crippen LogP contribution is -2.13. The molecule has 3 rings (SSSR count). The number of aromatic nitrogens is 1. The molecule has 1 N–H and O–H groups in total. The molecule has 1 heterocycles. The number of halogens is 2. The van der Waals surface area contributed by atoms with Crippen molar-refractivity contribution in [3.8, 4) is 0 Å². The normalized spacial score (nSPS) is 11.0. The smallest absolute Gasteiger partial charge is 0.159 e. The van der Waals surface area contributed by atoms with Gasteiger partial charge in [-0.05, 0) is 35.4 Å². The second-order valence-corrected chi connectivity index (χ2v) is 4.84. The second-order valence-electron chi connectivity index (χ2n) is 4.84. The minimum atomic E-state index is -0.820. The number of nitrogens with zero attached hydrogens (tertiary/aromatic N) is 1. The lowest BCUT2D eigenvalue weighted by Gasteiger charge is -2.08. The van der Waals surface area contributed by atoms with Crippen molar-refractivity contribution >= 4 is 10.9 Å². The van der Waals surface area contributed by atoms with E-state index < -0.39 is 11.6 Å². The van der Waals surface area contributed by atoms with Gasteiger partial charge in [0.15, 0.2) is 11.6 Å². The van der Waals surface area contributed by atoms with Gasteiger partial charge < -0.3 is 5.32 Å². The van der Waals surface area contributed by atoms with E-state index in [1.807, 2.05) is 30.3 Å². The zero-order valence-electron chi connectivity index (χ0n) is 11.3. The first-order valence-electron chi connectivity index (χ1n) is 6.71. The summed E-state index contributed by atoms with van der Waals surface area (Å²) in [5.74, 6) is -1.64. The minimum absolute atomic E-state index is 0.480. The number of nitrogens with one attached hydrogen (secondary N) is 1. The minimum Gasteiger partial charge on any atom is -0.309 e. The van der Waals surface area contributed by atoms with Crippen LogP contribution in [0.25, 0.3) is 10.9 Å². The van der Waals surface area contributed by atoms with Gasteiger partial charge in [0.25, 0.3) is 0 Å². The predicted octanol–water partition coefficient (Wildman–Crippen LogP) is 3.80. The van der Waals surface area contributed by atoms with Crippen LogP contribution in [-0.2, 0) is 13.1 Å². The molecule has 2 aromatic carbocycles. The molecule has 0 amide bonds. The standard InChI is InChI=1S/C17H14F2N2/c18-15-6-5-12(9-16(15)19)10-20-11-13-7-8-21-17-4-2-1-3-14(13)17/h1-9,20H,10-11H2. The van der Waals surface area contributed by atoms with Crippen molar-refractivity contribution in [2.45, 2.75) is 13.1 Å². The monoisotopic (exact) mass is 284 g/mol. The molecule has 0 aliphatic heterocycles. The highest BCUT2D eigenvalue weighted by Gasteiger charge is 2.04. The van der Waals surface area contributed by atoms with Crippen LogP contribution in [0.5, 0.6) is 0 Å². The van der Waals surface area contributed by atoms with Crippen LogP contribution in [0.3, 0.4) is 0 Å². The highest BCUT2D eigenvalue weighted by molar-refractivity contribution is 5.81. The summed E-state index contributed by atoms with van der Waals surface area (Å²) in [5, 5.41) is 4.34. The molecule has 0 unspecified atom stereocenters. The van der Waals surface area contributed by atoms with Gasteiger partial charge in [-0.25, -0.2) is 8.78 Å². The topological polar surface area (TPSA) is 24.9 Å². The van der Waals surface area contributed by atoms with E-state index >= 15 is 0 Å². The third kappa shape index (κ3) is 3.06. The van der Waals surface area contributed by atoms with E-state index in [1.165, 1.54) is 6.07 Å². The van der Waals surface area contributed by atoms with Gasteiger partial charge in [0.1, 0.15) is 0 Å². The summed E-state index contributed by atoms with van der Waals surface area (Å²) in [5.41, 5.74) is 2.79. The lowest BCUT2D eigenvalue weighted by atomic mass is 10.1. The van der Waals surface area contributed by atoms with Crippen LogP contribution in [0.4, 0.5) is 8.78 Å². The highest BCUT2D eigenvalue weighted by Crippen LogP contribution is 2.16. The van der Waals surface area contributed by atoms with Crippen molar-refractivity contribution in [1.82, 2.24) is 10.3 Å². The summed E-state index contributed by atoms with van der Waals surface area (Å²) in [6.45, 7) is 1.12. The van der Waals surface area contributed by atoms with Crippen LogP contribution in [0.1, 0.15) is 11.1 Å². The Hall–Kier alpha value is -2.33. The fourth-order valence-corrected chi connectivity index (χ4v) is 2.30. The fourth-order valence-electron chi connectivity index (χ4n) is 2.30. The molecule has 106 valence electrons. The van der Waals surface area contributed by atoms with Crippen LogP contribution in [-0.4, -0.2) is 4.98 Å². The predicted molar refractivity (Wildman–Crippen MR) is 78.6 cm³/mol. The van der Waals surface area contributed by atoms with Crippen LogP contribution >= 0.6 is 0 Å². The summed E-state index contributed by atoms with van der Waals surface area (Å²) >= 11 is 0. The molecule has 0 aliphatic carbocycles. The average Bonchev–Trinajstić information content (AvgIpc) is 2.51. The van der Waals surface area contributed by atoms with Gasteiger partial charge in [-0.3, -0.25) is 4.98 Å². The molecule has 2 nitrogen and oxygen atoms in total. The van der Waals surface area contributed by atoms with E-state index in [4.69, 9.17) is 0 Å². The van der Waals surface area contributed by atoms with Crippen molar-refractivity contribution in [2.75, 3.05) is 0 Å². The van der Waals surface area contributed by atoms with Crippen molar-refractivity contribution in [3.63, 3.8) is 0 Å². The Balaban J connectivity index is 1.70. The van der Waals surface area contributed by atoms with Crippen molar-refractivity contribution in [1.29, 1.82) is 0 Å². The van der Waals surface area contributed by atoms with Gasteiger partial charge in [-0.1, -0.05) is 24.3 Å². The molecule has 0 fully saturated rings. The van der Waals surface area contributed by atoms with E-state index in [-0.39, 0.29) is 0 Å². The Morgan fingerprint density at radius 2 is 1.76 bits per heavy atom. The summed E-state index contributed by atoms with van der Waals surface area (Å²) < 4.78 is 26.0. The summed E-state index contributed by atoms with van der Waals surface area (Å²) in [4.78, 5) is 4.31. The number of pyridine rings is 1. The molecule has 3 aromatic rings. The number of hydrogen-bond donors (Lipinski definition) is 1. The second kappa shape index (κ2) is 5.97. The van der Waals surface area contributed by atoms with E-state index in [2.05, 4.69) is 10.3 Å². The maximum absolute atomic E-state index is 13.1. The Morgan fingerprint density at radius 1 is 0.905 bits per heavy atom. The summed E-state index contributed by atoms with van der Waals surface area (Å²) in [6, 6.07) is 13.8. The van der Waals surface area contributed by atoms with Gasteiger partial charge in [0.2, 0.25) is 0 Å². The highest BCUT2D eigenvalue weighted by atomic mass is 19.2. The molecule has 0 aliphatic rings. The van der Waals surface area contributed by atoms with Crippen molar-refractivity contribution in [2.24, 2.45) is 0 Å². The molecule has 0 saturated carbocycles. The molecule has 1 aromatic heterocycles. The maximum atomic E-state index is 13.1. The van der Waals surface area contributed by atoms with Crippen LogP contribution in [0.15, 0.2) is 54.7 Å². The molecule has 0 spiro atoms. The van der Waals surface area contributed by atoms with Gasteiger partial charge in [0.05, 0.1) is 5.52 Å². The largest absolute Gasteiger partial charge is 0.309 e. The third-order valence-electron chi connectivity index (χ3n) is 3.37. The van der Waals surface area contributed by atoms with Gasteiger partial charge in [-0.2, -0.15) is 0 Å². The number of hydrogen-bond acceptors (Lipinski definition) is 2. The Kier molecular flexibility index (Phi) is 3.88. The van der Waals surface area contributed by atoms with Crippen LogP contribution < -0.4 is 5.32 Å². The first-order valence-corrected chi connectivity index (χ1v) is 6.71. The van der Waals surface area contributed by atoms with Crippen LogP contribution in [0, 0.1) is 11.6 Å². The number of rotatable bonds is 4. The first kappa shape index (κ1) is 13.6. The molecule has 0 atom stereocenters. The number of benzene rings is 2. The molecule has 0 radical (unpaired) electrons. The van der Waals surface area contributed by atoms with Crippen LogP contribution in [0.2, 0.25) is 0 Å². The quantitative estimate of drug-likeness (QED) is 0.788. The molecular formula is C17H14F2N2. The molecule has 4 heteroatoms. The first-order chi connectivity index (χ1) is 10.2. The van der Waals surface area contributed by atoms with E-state index in [1.54, 1.807) is 12.3 Å². The van der Waals surface area contributed by atoms with E-state index in [0.717, 1.165) is 22.5 Å². The van der Waals surface area contributed by atoms with Gasteiger partial charge in [0, 0.05) is 24.7 Å². The SMILES string of the molecule is Fc1ccc(CNCc2ccnc3ccccc23)cc1F. The molecule has 21 heavy (non-hydrogen) atoms. The average molecular weight is 284 g/mol. The van der Waals surface area contributed by atoms with E-state index in [0.29, 0.717) is 18.7 Å². The fraction of sp³-hybridized carbons (Fsp3) is 0.118. The Morgan fingerprint density at radius 3 is 2.62 bits per heavy atom. The molecular weight excluding hydrogens is 270 g/mol. The lowest BCUT2D eigenvalue weighted by molar-refractivity contribution is 0.506.